The molecular weight excluding hydrogens is 372 g/mol. The molecular formula is C13H16Br2N4. The fraction of sp³-hybridized carbons (Fsp3) is 0.385. The lowest BCUT2D eigenvalue weighted by molar-refractivity contribution is 0.545. The van der Waals surface area contributed by atoms with Crippen LogP contribution in [0.3, 0.4) is 0 Å². The molecule has 0 aliphatic carbocycles. The van der Waals surface area contributed by atoms with Crippen LogP contribution < -0.4 is 5.32 Å². The Kier molecular flexibility index (Phi) is 4.76. The van der Waals surface area contributed by atoms with Gasteiger partial charge in [-0.3, -0.25) is 9.67 Å². The van der Waals surface area contributed by atoms with E-state index >= 15 is 0 Å². The van der Waals surface area contributed by atoms with Crippen molar-refractivity contribution in [2.75, 3.05) is 7.05 Å². The van der Waals surface area contributed by atoms with Gasteiger partial charge >= 0.3 is 0 Å². The second-order valence-electron chi connectivity index (χ2n) is 4.39. The van der Waals surface area contributed by atoms with E-state index in [9.17, 15) is 0 Å². The molecule has 0 bridgehead atoms. The number of likely N-dealkylation sites (N-methyl/N-ethyl adjacent to an activating group) is 1. The predicted molar refractivity (Wildman–Crippen MR) is 83.1 cm³/mol. The lowest BCUT2D eigenvalue weighted by atomic mass is 10.1. The Bertz CT molecular complexity index is 580. The first-order valence-corrected chi connectivity index (χ1v) is 7.58. The highest BCUT2D eigenvalue weighted by atomic mass is 79.9. The van der Waals surface area contributed by atoms with Crippen molar-refractivity contribution in [3.8, 4) is 0 Å². The van der Waals surface area contributed by atoms with Crippen LogP contribution >= 0.6 is 31.9 Å². The van der Waals surface area contributed by atoms with Gasteiger partial charge in [0.25, 0.3) is 0 Å². The van der Waals surface area contributed by atoms with E-state index in [1.165, 1.54) is 0 Å². The topological polar surface area (TPSA) is 42.7 Å². The van der Waals surface area contributed by atoms with Crippen LogP contribution in [0.2, 0.25) is 0 Å². The molecule has 2 rings (SSSR count). The van der Waals surface area contributed by atoms with Crippen molar-refractivity contribution >= 4 is 31.9 Å². The summed E-state index contributed by atoms with van der Waals surface area (Å²) in [6.07, 6.45) is 2.64. The number of pyridine rings is 1. The maximum Gasteiger partial charge on any atom is 0.0738 e. The summed E-state index contributed by atoms with van der Waals surface area (Å²) in [5.41, 5.74) is 3.18. The third kappa shape index (κ3) is 3.07. The smallest absolute Gasteiger partial charge is 0.0738 e. The summed E-state index contributed by atoms with van der Waals surface area (Å²) < 4.78 is 4.01. The van der Waals surface area contributed by atoms with Crippen molar-refractivity contribution in [2.45, 2.75) is 19.4 Å². The number of aryl methyl sites for hydroxylation is 2. The first-order valence-electron chi connectivity index (χ1n) is 6.00. The summed E-state index contributed by atoms with van der Waals surface area (Å²) in [4.78, 5) is 4.46. The van der Waals surface area contributed by atoms with Crippen molar-refractivity contribution in [3.63, 3.8) is 0 Å². The Morgan fingerprint density at radius 3 is 2.68 bits per heavy atom. The van der Waals surface area contributed by atoms with E-state index in [-0.39, 0.29) is 6.04 Å². The molecule has 2 aromatic heterocycles. The minimum absolute atomic E-state index is 0.140. The molecule has 1 unspecified atom stereocenters. The molecule has 0 saturated heterocycles. The van der Waals surface area contributed by atoms with E-state index < -0.39 is 0 Å². The average molecular weight is 388 g/mol. The van der Waals surface area contributed by atoms with Gasteiger partial charge in [-0.1, -0.05) is 0 Å². The van der Waals surface area contributed by atoms with Crippen molar-refractivity contribution in [1.82, 2.24) is 20.1 Å². The van der Waals surface area contributed by atoms with Crippen molar-refractivity contribution in [2.24, 2.45) is 7.05 Å². The second-order valence-corrected chi connectivity index (χ2v) is 6.03. The summed E-state index contributed by atoms with van der Waals surface area (Å²) in [5.74, 6) is 0. The normalized spacial score (nSPS) is 12.7. The molecule has 2 aromatic rings. The van der Waals surface area contributed by atoms with Gasteiger partial charge in [-0.05, 0) is 58.0 Å². The van der Waals surface area contributed by atoms with Gasteiger partial charge in [0.05, 0.1) is 27.6 Å². The maximum atomic E-state index is 4.46. The fourth-order valence-electron chi connectivity index (χ4n) is 2.08. The third-order valence-corrected chi connectivity index (χ3v) is 4.83. The lowest BCUT2D eigenvalue weighted by Crippen LogP contribution is -2.21. The van der Waals surface area contributed by atoms with Gasteiger partial charge in [0.2, 0.25) is 0 Å². The van der Waals surface area contributed by atoms with E-state index in [2.05, 4.69) is 47.3 Å². The van der Waals surface area contributed by atoms with E-state index in [0.717, 1.165) is 32.4 Å². The highest BCUT2D eigenvalue weighted by Crippen LogP contribution is 2.28. The van der Waals surface area contributed by atoms with Crippen LogP contribution in [0.25, 0.3) is 0 Å². The van der Waals surface area contributed by atoms with E-state index in [4.69, 9.17) is 0 Å². The Balaban J connectivity index is 2.32. The Morgan fingerprint density at radius 1 is 1.42 bits per heavy atom. The summed E-state index contributed by atoms with van der Waals surface area (Å²) in [5, 5.41) is 7.74. The van der Waals surface area contributed by atoms with Crippen molar-refractivity contribution in [1.29, 1.82) is 0 Å². The third-order valence-electron chi connectivity index (χ3n) is 3.12. The Labute approximate surface area is 129 Å². The summed E-state index contributed by atoms with van der Waals surface area (Å²) >= 11 is 7.16. The molecule has 102 valence electrons. The number of halogens is 2. The minimum atomic E-state index is 0.140. The zero-order valence-corrected chi connectivity index (χ0v) is 14.3. The van der Waals surface area contributed by atoms with Crippen LogP contribution in [0.15, 0.2) is 27.3 Å². The summed E-state index contributed by atoms with van der Waals surface area (Å²) in [7, 11) is 3.91. The molecule has 0 saturated carbocycles. The second kappa shape index (κ2) is 6.15. The SMILES string of the molecule is CNC(Cc1c(Br)c(C)nn1C)c1ncccc1Br. The van der Waals surface area contributed by atoms with Crippen LogP contribution in [-0.2, 0) is 13.5 Å². The number of nitrogens with one attached hydrogen (secondary N) is 1. The van der Waals surface area contributed by atoms with Crippen LogP contribution in [0.5, 0.6) is 0 Å². The molecule has 0 spiro atoms. The van der Waals surface area contributed by atoms with Crippen LogP contribution in [0.1, 0.15) is 23.1 Å². The maximum absolute atomic E-state index is 4.46. The van der Waals surface area contributed by atoms with Gasteiger partial charge in [0.1, 0.15) is 0 Å². The molecule has 1 N–H and O–H groups in total. The van der Waals surface area contributed by atoms with Gasteiger partial charge in [-0.15, -0.1) is 0 Å². The van der Waals surface area contributed by atoms with Crippen LogP contribution in [-0.4, -0.2) is 21.8 Å². The lowest BCUT2D eigenvalue weighted by Gasteiger charge is -2.17. The van der Waals surface area contributed by atoms with Crippen molar-refractivity contribution < 1.29 is 0 Å². The predicted octanol–water partition coefficient (Wildman–Crippen LogP) is 3.15. The number of rotatable bonds is 4. The van der Waals surface area contributed by atoms with Gasteiger partial charge in [0, 0.05) is 24.1 Å². The van der Waals surface area contributed by atoms with E-state index in [0.29, 0.717) is 0 Å². The zero-order chi connectivity index (χ0) is 14.0. The number of nitrogens with zero attached hydrogens (tertiary/aromatic N) is 3. The van der Waals surface area contributed by atoms with Gasteiger partial charge in [-0.2, -0.15) is 5.10 Å². The monoisotopic (exact) mass is 386 g/mol. The largest absolute Gasteiger partial charge is 0.311 e. The molecule has 1 atom stereocenters. The fourth-order valence-corrected chi connectivity index (χ4v) is 3.11. The van der Waals surface area contributed by atoms with E-state index in [1.807, 2.05) is 44.0 Å². The average Bonchev–Trinajstić information content (AvgIpc) is 2.63. The van der Waals surface area contributed by atoms with Crippen molar-refractivity contribution in [3.05, 3.63) is 44.4 Å². The molecule has 0 fully saturated rings. The highest BCUT2D eigenvalue weighted by Gasteiger charge is 2.19. The first kappa shape index (κ1) is 14.7. The quantitative estimate of drug-likeness (QED) is 0.876. The van der Waals surface area contributed by atoms with Gasteiger partial charge in [0.15, 0.2) is 0 Å². The molecule has 0 aliphatic heterocycles. The molecule has 6 heteroatoms. The molecule has 0 radical (unpaired) electrons. The van der Waals surface area contributed by atoms with Gasteiger partial charge in [-0.25, -0.2) is 0 Å². The molecule has 19 heavy (non-hydrogen) atoms. The first-order chi connectivity index (χ1) is 9.04. The standard InChI is InChI=1S/C13H16Br2N4/c1-8-12(15)11(19(3)18-8)7-10(16-2)13-9(14)5-4-6-17-13/h4-6,10,16H,7H2,1-3H3. The Hall–Kier alpha value is -0.720. The Morgan fingerprint density at radius 2 is 2.16 bits per heavy atom. The molecule has 0 amide bonds. The number of hydrogen-bond donors (Lipinski definition) is 1. The molecule has 0 aliphatic rings. The van der Waals surface area contributed by atoms with E-state index in [1.54, 1.807) is 0 Å². The molecule has 2 heterocycles. The zero-order valence-electron chi connectivity index (χ0n) is 11.1. The number of hydrogen-bond acceptors (Lipinski definition) is 3. The number of aromatic nitrogens is 3. The molecule has 4 nitrogen and oxygen atoms in total. The summed E-state index contributed by atoms with van der Waals surface area (Å²) in [6.45, 7) is 2.00. The minimum Gasteiger partial charge on any atom is -0.311 e. The molecule has 0 aromatic carbocycles. The summed E-state index contributed by atoms with van der Waals surface area (Å²) in [6, 6.07) is 4.07. The van der Waals surface area contributed by atoms with Gasteiger partial charge < -0.3 is 5.32 Å². The van der Waals surface area contributed by atoms with Crippen LogP contribution in [0.4, 0.5) is 0 Å². The van der Waals surface area contributed by atoms with Crippen LogP contribution in [0, 0.1) is 6.92 Å². The highest BCUT2D eigenvalue weighted by molar-refractivity contribution is 9.10.